The van der Waals surface area contributed by atoms with Gasteiger partial charge in [-0.3, -0.25) is 0 Å². The number of benzene rings is 1. The second kappa shape index (κ2) is 4.83. The van der Waals surface area contributed by atoms with E-state index < -0.39 is 17.3 Å². The van der Waals surface area contributed by atoms with E-state index in [9.17, 15) is 9.18 Å². The molecule has 1 heterocycles. The van der Waals surface area contributed by atoms with Gasteiger partial charge >= 0.3 is 5.97 Å². The second-order valence-electron chi connectivity index (χ2n) is 3.77. The summed E-state index contributed by atoms with van der Waals surface area (Å²) in [7, 11) is 0. The number of carboxylic acids is 1. The molecule has 0 aliphatic heterocycles. The summed E-state index contributed by atoms with van der Waals surface area (Å²) < 4.78 is 13.8. The van der Waals surface area contributed by atoms with Crippen LogP contribution in [0.2, 0.25) is 0 Å². The molecule has 1 aromatic carbocycles. The Labute approximate surface area is 103 Å². The zero-order chi connectivity index (χ0) is 13.1. The van der Waals surface area contributed by atoms with Crippen LogP contribution in [-0.2, 0) is 0 Å². The fourth-order valence-electron chi connectivity index (χ4n) is 1.54. The van der Waals surface area contributed by atoms with Gasteiger partial charge in [0.05, 0.1) is 0 Å². The minimum atomic E-state index is -1.32. The maximum absolute atomic E-state index is 13.8. The van der Waals surface area contributed by atoms with Gasteiger partial charge in [0.15, 0.2) is 11.6 Å². The third kappa shape index (κ3) is 2.29. The molecule has 4 nitrogen and oxygen atoms in total. The van der Waals surface area contributed by atoms with Crippen LogP contribution in [-0.4, -0.2) is 16.1 Å². The number of nitrogens with one attached hydrogen (secondary N) is 1. The number of aromatic nitrogens is 1. The van der Waals surface area contributed by atoms with Crippen LogP contribution >= 0.6 is 0 Å². The predicted octanol–water partition coefficient (Wildman–Crippen LogP) is 2.97. The Morgan fingerprint density at radius 1 is 1.33 bits per heavy atom. The van der Waals surface area contributed by atoms with Crippen molar-refractivity contribution in [1.29, 1.82) is 0 Å². The maximum Gasteiger partial charge on any atom is 0.338 e. The van der Waals surface area contributed by atoms with E-state index in [1.165, 1.54) is 6.20 Å². The summed E-state index contributed by atoms with van der Waals surface area (Å²) in [5, 5.41) is 11.6. The summed E-state index contributed by atoms with van der Waals surface area (Å²) in [6.45, 7) is 1.86. The van der Waals surface area contributed by atoms with Crippen LogP contribution in [0, 0.1) is 12.7 Å². The number of carboxylic acid groups (broad SMARTS) is 1. The molecule has 18 heavy (non-hydrogen) atoms. The Kier molecular flexibility index (Phi) is 3.23. The van der Waals surface area contributed by atoms with Crippen molar-refractivity contribution in [1.82, 2.24) is 4.98 Å². The molecule has 2 N–H and O–H groups in total. The van der Waals surface area contributed by atoms with Gasteiger partial charge in [-0.1, -0.05) is 18.2 Å². The lowest BCUT2D eigenvalue weighted by molar-refractivity contribution is 0.0692. The Morgan fingerprint density at radius 2 is 2.06 bits per heavy atom. The molecule has 2 aromatic rings. The van der Waals surface area contributed by atoms with Crippen molar-refractivity contribution in [2.75, 3.05) is 5.32 Å². The molecule has 0 fully saturated rings. The Balaban J connectivity index is 2.39. The van der Waals surface area contributed by atoms with Crippen molar-refractivity contribution in [3.8, 4) is 0 Å². The highest BCUT2D eigenvalue weighted by molar-refractivity contribution is 5.89. The first-order valence-corrected chi connectivity index (χ1v) is 5.30. The van der Waals surface area contributed by atoms with Gasteiger partial charge in [0.2, 0.25) is 0 Å². The monoisotopic (exact) mass is 246 g/mol. The Bertz CT molecular complexity index is 599. The van der Waals surface area contributed by atoms with Crippen molar-refractivity contribution in [3.05, 3.63) is 53.5 Å². The van der Waals surface area contributed by atoms with Crippen molar-refractivity contribution in [2.45, 2.75) is 6.92 Å². The van der Waals surface area contributed by atoms with Gasteiger partial charge in [0.25, 0.3) is 0 Å². The highest BCUT2D eigenvalue weighted by Crippen LogP contribution is 2.22. The molecule has 0 atom stereocenters. The topological polar surface area (TPSA) is 62.2 Å². The average Bonchev–Trinajstić information content (AvgIpc) is 2.34. The molecule has 0 amide bonds. The van der Waals surface area contributed by atoms with Crippen LogP contribution in [0.5, 0.6) is 0 Å². The zero-order valence-corrected chi connectivity index (χ0v) is 9.64. The first-order chi connectivity index (χ1) is 8.59. The molecule has 0 saturated heterocycles. The summed E-state index contributed by atoms with van der Waals surface area (Å²) in [5.41, 5.74) is 1.20. The highest BCUT2D eigenvalue weighted by Gasteiger charge is 2.15. The molecule has 0 aliphatic carbocycles. The number of aromatic carboxylic acids is 1. The van der Waals surface area contributed by atoms with Gasteiger partial charge in [-0.05, 0) is 24.6 Å². The van der Waals surface area contributed by atoms with Gasteiger partial charge < -0.3 is 10.4 Å². The minimum absolute atomic E-state index is 0.0933. The van der Waals surface area contributed by atoms with Crippen LogP contribution < -0.4 is 5.32 Å². The third-order valence-electron chi connectivity index (χ3n) is 2.52. The first-order valence-electron chi connectivity index (χ1n) is 5.30. The molecular formula is C13H11FN2O2. The molecule has 2 rings (SSSR count). The van der Waals surface area contributed by atoms with E-state index in [4.69, 9.17) is 5.11 Å². The number of anilines is 2. The van der Waals surface area contributed by atoms with Gasteiger partial charge in [0.1, 0.15) is 5.56 Å². The van der Waals surface area contributed by atoms with E-state index in [-0.39, 0.29) is 5.82 Å². The summed E-state index contributed by atoms with van der Waals surface area (Å²) in [6, 6.07) is 8.41. The van der Waals surface area contributed by atoms with Gasteiger partial charge in [-0.2, -0.15) is 0 Å². The van der Waals surface area contributed by atoms with E-state index in [1.54, 1.807) is 12.1 Å². The molecule has 92 valence electrons. The van der Waals surface area contributed by atoms with E-state index >= 15 is 0 Å². The number of carbonyl (C=O) groups is 1. The molecular weight excluding hydrogens is 235 g/mol. The molecule has 0 bridgehead atoms. The number of rotatable bonds is 3. The number of hydrogen-bond acceptors (Lipinski definition) is 3. The molecule has 0 saturated carbocycles. The molecule has 0 radical (unpaired) electrons. The number of aryl methyl sites for hydroxylation is 1. The molecule has 0 spiro atoms. The van der Waals surface area contributed by atoms with Crippen LogP contribution in [0.4, 0.5) is 15.9 Å². The van der Waals surface area contributed by atoms with Crippen LogP contribution in [0.15, 0.2) is 36.5 Å². The SMILES string of the molecule is Cc1ccccc1Nc1nccc(C(=O)O)c1F. The van der Waals surface area contributed by atoms with Crippen molar-refractivity contribution >= 4 is 17.5 Å². The molecule has 0 aliphatic rings. The summed E-state index contributed by atoms with van der Waals surface area (Å²) in [4.78, 5) is 14.6. The quantitative estimate of drug-likeness (QED) is 0.874. The smallest absolute Gasteiger partial charge is 0.338 e. The van der Waals surface area contributed by atoms with Gasteiger partial charge in [-0.25, -0.2) is 14.2 Å². The number of hydrogen-bond donors (Lipinski definition) is 2. The number of para-hydroxylation sites is 1. The molecule has 1 aromatic heterocycles. The van der Waals surface area contributed by atoms with Crippen LogP contribution in [0.25, 0.3) is 0 Å². The van der Waals surface area contributed by atoms with Crippen LogP contribution in [0.1, 0.15) is 15.9 Å². The summed E-state index contributed by atoms with van der Waals surface area (Å²) >= 11 is 0. The van der Waals surface area contributed by atoms with Crippen molar-refractivity contribution < 1.29 is 14.3 Å². The largest absolute Gasteiger partial charge is 0.478 e. The Morgan fingerprint density at radius 3 is 2.72 bits per heavy atom. The fourth-order valence-corrected chi connectivity index (χ4v) is 1.54. The second-order valence-corrected chi connectivity index (χ2v) is 3.77. The summed E-state index contributed by atoms with van der Waals surface area (Å²) in [5.74, 6) is -2.28. The first kappa shape index (κ1) is 12.0. The average molecular weight is 246 g/mol. The number of pyridine rings is 1. The maximum atomic E-state index is 13.8. The van der Waals surface area contributed by atoms with Crippen molar-refractivity contribution in [3.63, 3.8) is 0 Å². The fraction of sp³-hybridized carbons (Fsp3) is 0.0769. The summed E-state index contributed by atoms with van der Waals surface area (Å²) in [6.07, 6.45) is 1.26. The van der Waals surface area contributed by atoms with Gasteiger partial charge in [-0.15, -0.1) is 0 Å². The van der Waals surface area contributed by atoms with E-state index in [0.29, 0.717) is 5.69 Å². The third-order valence-corrected chi connectivity index (χ3v) is 2.52. The van der Waals surface area contributed by atoms with E-state index in [2.05, 4.69) is 10.3 Å². The van der Waals surface area contributed by atoms with Crippen LogP contribution in [0.3, 0.4) is 0 Å². The zero-order valence-electron chi connectivity index (χ0n) is 9.64. The van der Waals surface area contributed by atoms with E-state index in [0.717, 1.165) is 11.6 Å². The lowest BCUT2D eigenvalue weighted by Crippen LogP contribution is -2.06. The highest BCUT2D eigenvalue weighted by atomic mass is 19.1. The standard InChI is InChI=1S/C13H11FN2O2/c1-8-4-2-3-5-10(8)16-12-11(14)9(13(17)18)6-7-15-12/h2-7H,1H3,(H,15,16)(H,17,18). The minimum Gasteiger partial charge on any atom is -0.478 e. The normalized spacial score (nSPS) is 10.1. The van der Waals surface area contributed by atoms with E-state index in [1.807, 2.05) is 19.1 Å². The van der Waals surface area contributed by atoms with Crippen molar-refractivity contribution in [2.24, 2.45) is 0 Å². The van der Waals surface area contributed by atoms with Gasteiger partial charge in [0, 0.05) is 11.9 Å². The lowest BCUT2D eigenvalue weighted by atomic mass is 10.2. The molecule has 0 unspecified atom stereocenters. The Hall–Kier alpha value is -2.43. The number of nitrogens with zero attached hydrogens (tertiary/aromatic N) is 1. The molecule has 5 heteroatoms. The predicted molar refractivity (Wildman–Crippen MR) is 65.6 cm³/mol. The number of halogens is 1. The lowest BCUT2D eigenvalue weighted by Gasteiger charge is -2.10.